The fourth-order valence-electron chi connectivity index (χ4n) is 5.71. The zero-order valence-electron chi connectivity index (χ0n) is 22.1. The molecule has 6 rings (SSSR count). The number of ether oxygens (including phenoxy) is 1. The van der Waals surface area contributed by atoms with Crippen molar-refractivity contribution in [3.05, 3.63) is 53.4 Å². The van der Waals surface area contributed by atoms with Crippen molar-refractivity contribution in [2.45, 2.75) is 56.1 Å². The van der Waals surface area contributed by atoms with Gasteiger partial charge in [-0.1, -0.05) is 5.16 Å². The number of halogens is 3. The lowest BCUT2D eigenvalue weighted by Crippen LogP contribution is -2.39. The SMILES string of the molecule is C[C@H](Oc1cnc(N2C[C@H](c3cc(F)c(F)cc3F)[C@@H](N)C2)nc1)C1CCN(c2nc(C3(CO)CC3)no2)CC1. The highest BCUT2D eigenvalue weighted by Crippen LogP contribution is 2.46. The Morgan fingerprint density at radius 1 is 1.07 bits per heavy atom. The molecule has 3 aromatic rings. The molecule has 2 aromatic heterocycles. The summed E-state index contributed by atoms with van der Waals surface area (Å²) in [4.78, 5) is 17.2. The van der Waals surface area contributed by atoms with Crippen LogP contribution in [0.25, 0.3) is 0 Å². The van der Waals surface area contributed by atoms with Crippen molar-refractivity contribution in [1.29, 1.82) is 0 Å². The van der Waals surface area contributed by atoms with Crippen LogP contribution in [0, 0.1) is 23.4 Å². The number of aliphatic hydroxyl groups excluding tert-OH is 1. The number of hydrogen-bond acceptors (Lipinski definition) is 10. The zero-order chi connectivity index (χ0) is 28.0. The number of hydrogen-bond donors (Lipinski definition) is 2. The third-order valence-electron chi connectivity index (χ3n) is 8.54. The van der Waals surface area contributed by atoms with Crippen LogP contribution < -0.4 is 20.3 Å². The van der Waals surface area contributed by atoms with Crippen molar-refractivity contribution in [3.8, 4) is 5.75 Å². The van der Waals surface area contributed by atoms with Gasteiger partial charge in [-0.15, -0.1) is 0 Å². The minimum Gasteiger partial charge on any atom is -0.487 e. The summed E-state index contributed by atoms with van der Waals surface area (Å²) in [5.74, 6) is -1.83. The van der Waals surface area contributed by atoms with Crippen LogP contribution in [0.2, 0.25) is 0 Å². The monoisotopic (exact) mass is 559 g/mol. The average molecular weight is 560 g/mol. The van der Waals surface area contributed by atoms with Crippen molar-refractivity contribution >= 4 is 12.0 Å². The molecule has 3 fully saturated rings. The number of benzene rings is 1. The van der Waals surface area contributed by atoms with E-state index < -0.39 is 29.4 Å². The van der Waals surface area contributed by atoms with Crippen molar-refractivity contribution in [2.24, 2.45) is 11.7 Å². The van der Waals surface area contributed by atoms with E-state index in [4.69, 9.17) is 15.0 Å². The quantitative estimate of drug-likeness (QED) is 0.398. The molecule has 3 N–H and O–H groups in total. The lowest BCUT2D eigenvalue weighted by molar-refractivity contribution is 0.131. The number of piperidine rings is 1. The Balaban J connectivity index is 1.02. The van der Waals surface area contributed by atoms with Gasteiger partial charge in [-0.05, 0) is 50.2 Å². The molecule has 214 valence electrons. The van der Waals surface area contributed by atoms with Crippen molar-refractivity contribution in [3.63, 3.8) is 0 Å². The minimum absolute atomic E-state index is 0.0386. The van der Waals surface area contributed by atoms with E-state index in [2.05, 4.69) is 25.0 Å². The molecule has 2 aliphatic heterocycles. The Labute approximate surface area is 229 Å². The summed E-state index contributed by atoms with van der Waals surface area (Å²) in [6, 6.07) is 1.44. The predicted octanol–water partition coefficient (Wildman–Crippen LogP) is 2.92. The second-order valence-corrected chi connectivity index (χ2v) is 11.2. The van der Waals surface area contributed by atoms with Gasteiger partial charge in [0.25, 0.3) is 0 Å². The first-order chi connectivity index (χ1) is 19.3. The van der Waals surface area contributed by atoms with Gasteiger partial charge in [0.2, 0.25) is 5.95 Å². The molecule has 3 aliphatic rings. The van der Waals surface area contributed by atoms with E-state index in [-0.39, 0.29) is 30.2 Å². The van der Waals surface area contributed by atoms with Crippen LogP contribution in [0.5, 0.6) is 5.75 Å². The Morgan fingerprint density at radius 2 is 1.77 bits per heavy atom. The first kappa shape index (κ1) is 26.8. The van der Waals surface area contributed by atoms with E-state index >= 15 is 0 Å². The second kappa shape index (κ2) is 10.5. The van der Waals surface area contributed by atoms with Gasteiger partial charge in [0.05, 0.1) is 30.5 Å². The topological polar surface area (TPSA) is 127 Å². The van der Waals surface area contributed by atoms with Crippen LogP contribution in [0.15, 0.2) is 29.0 Å². The standard InChI is InChI=1S/C27H32F3N7O3/c1-15(16-2-6-36(7-3-16)26-34-24(35-40-26)27(14-38)4-5-27)39-17-10-32-25(33-11-17)37-12-19(23(31)13-37)18-8-21(29)22(30)9-20(18)28/h8-11,15-16,19,23,38H,2-7,12-14,31H2,1H3/t15-,19+,23-/m0/s1. The Bertz CT molecular complexity index is 1350. The molecule has 0 radical (unpaired) electrons. The van der Waals surface area contributed by atoms with Gasteiger partial charge in [0.15, 0.2) is 23.2 Å². The molecule has 40 heavy (non-hydrogen) atoms. The maximum atomic E-state index is 14.3. The molecule has 2 saturated heterocycles. The molecule has 1 saturated carbocycles. The zero-order valence-corrected chi connectivity index (χ0v) is 22.1. The largest absolute Gasteiger partial charge is 0.487 e. The van der Waals surface area contributed by atoms with Crippen molar-refractivity contribution < 1.29 is 27.5 Å². The van der Waals surface area contributed by atoms with E-state index in [0.717, 1.165) is 44.8 Å². The van der Waals surface area contributed by atoms with Gasteiger partial charge >= 0.3 is 6.01 Å². The summed E-state index contributed by atoms with van der Waals surface area (Å²) in [6.07, 6.45) is 6.66. The molecule has 3 atom stereocenters. The van der Waals surface area contributed by atoms with Crippen molar-refractivity contribution in [1.82, 2.24) is 20.1 Å². The summed E-state index contributed by atoms with van der Waals surface area (Å²) in [7, 11) is 0. The van der Waals surface area contributed by atoms with Gasteiger partial charge in [-0.2, -0.15) is 4.98 Å². The lowest BCUT2D eigenvalue weighted by Gasteiger charge is -2.33. The Morgan fingerprint density at radius 3 is 2.45 bits per heavy atom. The lowest BCUT2D eigenvalue weighted by atomic mass is 9.92. The minimum atomic E-state index is -1.23. The maximum Gasteiger partial charge on any atom is 0.324 e. The van der Waals surface area contributed by atoms with E-state index in [0.29, 0.717) is 42.1 Å². The highest BCUT2D eigenvalue weighted by Gasteiger charge is 2.48. The summed E-state index contributed by atoms with van der Waals surface area (Å²) in [5.41, 5.74) is 5.95. The smallest absolute Gasteiger partial charge is 0.324 e. The third-order valence-corrected chi connectivity index (χ3v) is 8.54. The van der Waals surface area contributed by atoms with E-state index in [1.807, 2.05) is 6.92 Å². The molecular weight excluding hydrogens is 527 g/mol. The van der Waals surface area contributed by atoms with Crippen LogP contribution in [0.4, 0.5) is 25.1 Å². The predicted molar refractivity (Wildman–Crippen MR) is 139 cm³/mol. The summed E-state index contributed by atoms with van der Waals surface area (Å²) < 4.78 is 53.1. The molecule has 0 bridgehead atoms. The third kappa shape index (κ3) is 5.07. The normalized spacial score (nSPS) is 23.4. The molecular formula is C27H32F3N7O3. The number of aromatic nitrogens is 4. The number of nitrogens with zero attached hydrogens (tertiary/aromatic N) is 6. The molecule has 0 amide bonds. The number of anilines is 2. The number of rotatable bonds is 8. The van der Waals surface area contributed by atoms with Crippen molar-refractivity contribution in [2.75, 3.05) is 42.6 Å². The summed E-state index contributed by atoms with van der Waals surface area (Å²) in [6.45, 7) is 4.21. The molecule has 4 heterocycles. The van der Waals surface area contributed by atoms with E-state index in [9.17, 15) is 18.3 Å². The fourth-order valence-corrected chi connectivity index (χ4v) is 5.71. The number of nitrogens with two attached hydrogens (primary N) is 1. The number of aliphatic hydroxyl groups is 1. The van der Waals surface area contributed by atoms with Gasteiger partial charge in [0.1, 0.15) is 5.82 Å². The highest BCUT2D eigenvalue weighted by atomic mass is 19.2. The molecule has 1 aromatic carbocycles. The van der Waals surface area contributed by atoms with E-state index in [1.54, 1.807) is 17.3 Å². The first-order valence-electron chi connectivity index (χ1n) is 13.6. The molecule has 0 spiro atoms. The van der Waals surface area contributed by atoms with Crippen LogP contribution in [-0.4, -0.2) is 70.1 Å². The first-order valence-corrected chi connectivity index (χ1v) is 13.6. The fraction of sp³-hybridized carbons (Fsp3) is 0.556. The van der Waals surface area contributed by atoms with Crippen LogP contribution in [-0.2, 0) is 5.41 Å². The Hall–Kier alpha value is -3.45. The van der Waals surface area contributed by atoms with Crippen LogP contribution >= 0.6 is 0 Å². The molecule has 0 unspecified atom stereocenters. The average Bonchev–Trinajstić information content (AvgIpc) is 3.42. The van der Waals surface area contributed by atoms with E-state index in [1.165, 1.54) is 0 Å². The van der Waals surface area contributed by atoms with Gasteiger partial charge in [-0.25, -0.2) is 23.1 Å². The van der Waals surface area contributed by atoms with Crippen LogP contribution in [0.3, 0.4) is 0 Å². The van der Waals surface area contributed by atoms with Gasteiger partial charge < -0.3 is 29.9 Å². The molecule has 1 aliphatic carbocycles. The molecule has 13 heteroatoms. The summed E-state index contributed by atoms with van der Waals surface area (Å²) >= 11 is 0. The summed E-state index contributed by atoms with van der Waals surface area (Å²) in [5, 5.41) is 13.7. The Kier molecular flexibility index (Phi) is 7.03. The highest BCUT2D eigenvalue weighted by molar-refractivity contribution is 5.39. The molecule has 10 nitrogen and oxygen atoms in total. The van der Waals surface area contributed by atoms with Crippen LogP contribution in [0.1, 0.15) is 49.9 Å². The van der Waals surface area contributed by atoms with Gasteiger partial charge in [0, 0.05) is 44.2 Å². The second-order valence-electron chi connectivity index (χ2n) is 11.2. The van der Waals surface area contributed by atoms with Gasteiger partial charge in [-0.3, -0.25) is 0 Å². The maximum absolute atomic E-state index is 14.3.